The molecule has 0 spiro atoms. The molecule has 2 atom stereocenters. The van der Waals surface area contributed by atoms with Crippen molar-refractivity contribution in [1.82, 2.24) is 15.5 Å². The molecule has 3 aliphatic rings. The smallest absolute Gasteiger partial charge is 0.340 e. The van der Waals surface area contributed by atoms with Gasteiger partial charge in [-0.1, -0.05) is 13.3 Å². The summed E-state index contributed by atoms with van der Waals surface area (Å²) in [5.41, 5.74) is -0.252. The van der Waals surface area contributed by atoms with Crippen LogP contribution in [0.4, 0.5) is 13.2 Å². The van der Waals surface area contributed by atoms with E-state index >= 15 is 0 Å². The summed E-state index contributed by atoms with van der Waals surface area (Å²) < 4.78 is 40.7. The van der Waals surface area contributed by atoms with E-state index in [1.54, 1.807) is 0 Å². The first-order valence-electron chi connectivity index (χ1n) is 10.1. The van der Waals surface area contributed by atoms with Crippen LogP contribution in [0, 0.1) is 5.41 Å². The number of piperidine rings is 1. The molecule has 4 amide bonds. The maximum atomic E-state index is 13.6. The van der Waals surface area contributed by atoms with Gasteiger partial charge in [0.15, 0.2) is 0 Å². The normalized spacial score (nSPS) is 23.7. The fourth-order valence-electron chi connectivity index (χ4n) is 4.60. The van der Waals surface area contributed by atoms with Gasteiger partial charge in [-0.2, -0.15) is 13.2 Å². The van der Waals surface area contributed by atoms with Crippen LogP contribution in [-0.2, 0) is 16.1 Å². The highest BCUT2D eigenvalue weighted by Gasteiger charge is 2.54. The van der Waals surface area contributed by atoms with Crippen molar-refractivity contribution in [3.8, 4) is 0 Å². The van der Waals surface area contributed by atoms with E-state index in [0.29, 0.717) is 30.4 Å². The number of halogens is 3. The van der Waals surface area contributed by atoms with Crippen LogP contribution in [0.2, 0.25) is 0 Å². The predicted octanol–water partition coefficient (Wildman–Crippen LogP) is 2.30. The minimum absolute atomic E-state index is 0.0221. The van der Waals surface area contributed by atoms with Crippen molar-refractivity contribution in [3.05, 3.63) is 34.9 Å². The molecule has 166 valence electrons. The number of benzene rings is 1. The van der Waals surface area contributed by atoms with Gasteiger partial charge >= 0.3 is 6.18 Å². The molecule has 1 aliphatic carbocycles. The van der Waals surface area contributed by atoms with E-state index in [1.165, 1.54) is 30.0 Å². The molecule has 1 saturated heterocycles. The summed E-state index contributed by atoms with van der Waals surface area (Å²) in [6.07, 6.45) is -2.80. The lowest BCUT2D eigenvalue weighted by molar-refractivity contribution is -0.190. The van der Waals surface area contributed by atoms with E-state index in [1.807, 2.05) is 0 Å². The molecule has 1 aromatic rings. The zero-order chi connectivity index (χ0) is 22.6. The number of fused-ring (bicyclic) bond motifs is 1. The molecule has 0 radical (unpaired) electrons. The highest BCUT2D eigenvalue weighted by atomic mass is 19.4. The van der Waals surface area contributed by atoms with E-state index in [4.69, 9.17) is 0 Å². The molecule has 2 heterocycles. The first kappa shape index (κ1) is 21.3. The largest absolute Gasteiger partial charge is 0.409 e. The highest BCUT2D eigenvalue weighted by Crippen LogP contribution is 2.48. The lowest BCUT2D eigenvalue weighted by Crippen LogP contribution is -2.57. The summed E-state index contributed by atoms with van der Waals surface area (Å²) in [6, 6.07) is 1.35. The van der Waals surface area contributed by atoms with Gasteiger partial charge < -0.3 is 10.2 Å². The van der Waals surface area contributed by atoms with Gasteiger partial charge in [-0.15, -0.1) is 0 Å². The second-order valence-electron chi connectivity index (χ2n) is 8.73. The van der Waals surface area contributed by atoms with Crippen molar-refractivity contribution < 1.29 is 32.3 Å². The van der Waals surface area contributed by atoms with Crippen molar-refractivity contribution in [3.63, 3.8) is 0 Å². The van der Waals surface area contributed by atoms with Crippen LogP contribution in [0.3, 0.4) is 0 Å². The Morgan fingerprint density at radius 2 is 1.97 bits per heavy atom. The maximum absolute atomic E-state index is 13.6. The van der Waals surface area contributed by atoms with Gasteiger partial charge in [0, 0.05) is 24.1 Å². The van der Waals surface area contributed by atoms with Gasteiger partial charge in [-0.3, -0.25) is 24.5 Å². The first-order valence-corrected chi connectivity index (χ1v) is 10.1. The second-order valence-corrected chi connectivity index (χ2v) is 8.73. The lowest BCUT2D eigenvalue weighted by atomic mass is 9.65. The summed E-state index contributed by atoms with van der Waals surface area (Å²) in [6.45, 7) is 1.57. The molecular weight excluding hydrogens is 415 g/mol. The molecule has 10 heteroatoms. The van der Waals surface area contributed by atoms with Crippen molar-refractivity contribution >= 4 is 23.6 Å². The van der Waals surface area contributed by atoms with E-state index in [9.17, 15) is 32.3 Å². The SMILES string of the molecule is CC1(C(NC(=O)c2ccc3c(c2)CN(C2CCC(=O)NC2=O)C3=O)C(F)(F)F)CCC1. The average Bonchev–Trinajstić information content (AvgIpc) is 2.99. The van der Waals surface area contributed by atoms with E-state index in [0.717, 1.165) is 0 Å². The van der Waals surface area contributed by atoms with Gasteiger partial charge in [-0.25, -0.2) is 0 Å². The van der Waals surface area contributed by atoms with Crippen LogP contribution in [0.1, 0.15) is 65.3 Å². The zero-order valence-corrected chi connectivity index (χ0v) is 16.8. The third-order valence-corrected chi connectivity index (χ3v) is 6.58. The summed E-state index contributed by atoms with van der Waals surface area (Å²) >= 11 is 0. The monoisotopic (exact) mass is 437 g/mol. The third kappa shape index (κ3) is 3.79. The van der Waals surface area contributed by atoms with Gasteiger partial charge in [0.05, 0.1) is 0 Å². The van der Waals surface area contributed by atoms with Gasteiger partial charge in [-0.05, 0) is 48.4 Å². The summed E-state index contributed by atoms with van der Waals surface area (Å²) in [4.78, 5) is 50.1. The Morgan fingerprint density at radius 1 is 1.26 bits per heavy atom. The number of rotatable bonds is 4. The molecule has 0 aromatic heterocycles. The van der Waals surface area contributed by atoms with Crippen molar-refractivity contribution in [2.24, 2.45) is 5.41 Å². The standard InChI is InChI=1S/C21H22F3N3O4/c1-20(7-2-8-20)19(21(22,23)24)26-16(29)11-3-4-13-12(9-11)10-27(18(13)31)14-5-6-15(28)25-17(14)30/h3-4,9,14,19H,2,5-8,10H2,1H3,(H,26,29)(H,25,28,30). The number of carbonyl (C=O) groups is 4. The molecule has 7 nitrogen and oxygen atoms in total. The number of nitrogens with zero attached hydrogens (tertiary/aromatic N) is 1. The number of alkyl halides is 3. The molecule has 2 fully saturated rings. The first-order chi connectivity index (χ1) is 14.5. The van der Waals surface area contributed by atoms with Crippen LogP contribution in [0.15, 0.2) is 18.2 Å². The Kier molecular flexibility index (Phi) is 5.06. The average molecular weight is 437 g/mol. The molecule has 31 heavy (non-hydrogen) atoms. The minimum atomic E-state index is -4.57. The molecule has 1 aromatic carbocycles. The number of hydrogen-bond acceptors (Lipinski definition) is 4. The molecule has 2 aliphatic heterocycles. The van der Waals surface area contributed by atoms with Gasteiger partial charge in [0.1, 0.15) is 12.1 Å². The molecule has 4 rings (SSSR count). The Morgan fingerprint density at radius 3 is 2.55 bits per heavy atom. The van der Waals surface area contributed by atoms with Crippen molar-refractivity contribution in [2.75, 3.05) is 0 Å². The number of imide groups is 1. The van der Waals surface area contributed by atoms with Crippen LogP contribution in [0.25, 0.3) is 0 Å². The van der Waals surface area contributed by atoms with E-state index in [-0.39, 0.29) is 24.9 Å². The van der Waals surface area contributed by atoms with E-state index < -0.39 is 47.3 Å². The van der Waals surface area contributed by atoms with Gasteiger partial charge in [0.2, 0.25) is 11.8 Å². The fraction of sp³-hybridized carbons (Fsp3) is 0.524. The number of carbonyl (C=O) groups excluding carboxylic acids is 4. The van der Waals surface area contributed by atoms with Crippen LogP contribution < -0.4 is 10.6 Å². The highest BCUT2D eigenvalue weighted by molar-refractivity contribution is 6.06. The van der Waals surface area contributed by atoms with Gasteiger partial charge in [0.25, 0.3) is 11.8 Å². The molecule has 0 bridgehead atoms. The Labute approximate surface area is 176 Å². The fourth-order valence-corrected chi connectivity index (χ4v) is 4.60. The topological polar surface area (TPSA) is 95.6 Å². The number of hydrogen-bond donors (Lipinski definition) is 2. The molecule has 2 unspecified atom stereocenters. The maximum Gasteiger partial charge on any atom is 0.409 e. The zero-order valence-electron chi connectivity index (χ0n) is 16.8. The Balaban J connectivity index is 1.52. The number of amides is 4. The van der Waals surface area contributed by atoms with Crippen molar-refractivity contribution in [2.45, 2.75) is 63.8 Å². The lowest BCUT2D eigenvalue weighted by Gasteiger charge is -2.45. The predicted molar refractivity (Wildman–Crippen MR) is 102 cm³/mol. The van der Waals surface area contributed by atoms with Crippen LogP contribution in [0.5, 0.6) is 0 Å². The minimum Gasteiger partial charge on any atom is -0.340 e. The molecule has 2 N–H and O–H groups in total. The summed E-state index contributed by atoms with van der Waals surface area (Å²) in [5, 5.41) is 4.34. The Hall–Kier alpha value is -2.91. The molecular formula is C21H22F3N3O4. The second kappa shape index (κ2) is 7.35. The Bertz CT molecular complexity index is 971. The summed E-state index contributed by atoms with van der Waals surface area (Å²) in [5.74, 6) is -2.22. The number of nitrogens with one attached hydrogen (secondary N) is 2. The van der Waals surface area contributed by atoms with Crippen molar-refractivity contribution in [1.29, 1.82) is 0 Å². The molecule has 1 saturated carbocycles. The van der Waals surface area contributed by atoms with Crippen LogP contribution >= 0.6 is 0 Å². The quantitative estimate of drug-likeness (QED) is 0.707. The summed E-state index contributed by atoms with van der Waals surface area (Å²) in [7, 11) is 0. The van der Waals surface area contributed by atoms with E-state index in [2.05, 4.69) is 10.6 Å². The van der Waals surface area contributed by atoms with Crippen LogP contribution in [-0.4, -0.2) is 46.8 Å². The third-order valence-electron chi connectivity index (χ3n) is 6.58.